The molecule has 0 amide bonds. The standard InChI is InChI=1S/C17H13F3N2O4S2/c1-26-16(23)15-14(6-9-27-15)28(24,25)21-12-10-11(17(18,19)20)4-5-13(12)22-7-2-3-8-22/h2-10,21H,1H3. The Labute approximate surface area is 162 Å². The van der Waals surface area contributed by atoms with E-state index in [4.69, 9.17) is 0 Å². The molecule has 0 saturated carbocycles. The number of alkyl halides is 3. The highest BCUT2D eigenvalue weighted by atomic mass is 32.2. The van der Waals surface area contributed by atoms with E-state index in [1.807, 2.05) is 0 Å². The van der Waals surface area contributed by atoms with E-state index in [0.29, 0.717) is 6.07 Å². The molecular formula is C17H13F3N2O4S2. The molecule has 28 heavy (non-hydrogen) atoms. The zero-order valence-electron chi connectivity index (χ0n) is 14.2. The van der Waals surface area contributed by atoms with Crippen molar-refractivity contribution < 1.29 is 31.1 Å². The predicted molar refractivity (Wildman–Crippen MR) is 97.2 cm³/mol. The van der Waals surface area contributed by atoms with E-state index < -0.39 is 27.7 Å². The summed E-state index contributed by atoms with van der Waals surface area (Å²) in [7, 11) is -3.25. The Morgan fingerprint density at radius 3 is 2.46 bits per heavy atom. The van der Waals surface area contributed by atoms with Crippen molar-refractivity contribution in [1.29, 1.82) is 0 Å². The summed E-state index contributed by atoms with van der Waals surface area (Å²) in [4.78, 5) is 11.2. The first-order valence-corrected chi connectivity index (χ1v) is 10.0. The second-order valence-corrected chi connectivity index (χ2v) is 8.10. The van der Waals surface area contributed by atoms with Crippen molar-refractivity contribution in [2.45, 2.75) is 11.1 Å². The van der Waals surface area contributed by atoms with Gasteiger partial charge in [-0.15, -0.1) is 11.3 Å². The Morgan fingerprint density at radius 1 is 1.18 bits per heavy atom. The quantitative estimate of drug-likeness (QED) is 0.617. The van der Waals surface area contributed by atoms with Gasteiger partial charge in [0.25, 0.3) is 10.0 Å². The van der Waals surface area contributed by atoms with E-state index in [1.54, 1.807) is 24.5 Å². The van der Waals surface area contributed by atoms with Gasteiger partial charge in [-0.25, -0.2) is 13.2 Å². The molecule has 2 aromatic heterocycles. The summed E-state index contributed by atoms with van der Waals surface area (Å²) in [5, 5.41) is 1.37. The van der Waals surface area contributed by atoms with Gasteiger partial charge in [-0.2, -0.15) is 13.2 Å². The van der Waals surface area contributed by atoms with E-state index in [2.05, 4.69) is 9.46 Å². The number of carbonyl (C=O) groups is 1. The number of hydrogen-bond donors (Lipinski definition) is 1. The van der Waals surface area contributed by atoms with Gasteiger partial charge in [-0.1, -0.05) is 0 Å². The number of esters is 1. The van der Waals surface area contributed by atoms with Crippen LogP contribution in [0.5, 0.6) is 0 Å². The topological polar surface area (TPSA) is 77.4 Å². The first-order chi connectivity index (χ1) is 13.1. The SMILES string of the molecule is COC(=O)c1sccc1S(=O)(=O)Nc1cc(C(F)(F)F)ccc1-n1cccc1. The molecule has 1 N–H and O–H groups in total. The lowest BCUT2D eigenvalue weighted by molar-refractivity contribution is -0.137. The zero-order valence-corrected chi connectivity index (χ0v) is 15.9. The Kier molecular flexibility index (Phi) is 5.22. The second-order valence-electron chi connectivity index (χ2n) is 5.53. The van der Waals surface area contributed by atoms with Crippen LogP contribution >= 0.6 is 11.3 Å². The van der Waals surface area contributed by atoms with Gasteiger partial charge >= 0.3 is 12.1 Å². The molecule has 11 heteroatoms. The maximum absolute atomic E-state index is 13.1. The van der Waals surface area contributed by atoms with Crippen molar-refractivity contribution >= 4 is 33.0 Å². The number of carbonyl (C=O) groups excluding carboxylic acids is 1. The van der Waals surface area contributed by atoms with Crippen molar-refractivity contribution in [3.63, 3.8) is 0 Å². The fourth-order valence-electron chi connectivity index (χ4n) is 2.46. The molecule has 0 saturated heterocycles. The lowest BCUT2D eigenvalue weighted by Gasteiger charge is -2.16. The summed E-state index contributed by atoms with van der Waals surface area (Å²) >= 11 is 0.850. The Balaban J connectivity index is 2.10. The molecule has 1 aromatic carbocycles. The number of rotatable bonds is 5. The lowest BCUT2D eigenvalue weighted by atomic mass is 10.1. The molecule has 0 spiro atoms. The number of methoxy groups -OCH3 is 1. The minimum Gasteiger partial charge on any atom is -0.465 e. The van der Waals surface area contributed by atoms with Crippen molar-refractivity contribution in [3.05, 3.63) is 64.6 Å². The lowest BCUT2D eigenvalue weighted by Crippen LogP contribution is -2.18. The zero-order chi connectivity index (χ0) is 20.5. The first kappa shape index (κ1) is 20.0. The average molecular weight is 430 g/mol. The third-order valence-electron chi connectivity index (χ3n) is 3.74. The Bertz CT molecular complexity index is 1100. The number of ether oxygens (including phenoxy) is 1. The molecular weight excluding hydrogens is 417 g/mol. The van der Waals surface area contributed by atoms with Gasteiger partial charge in [0.05, 0.1) is 24.0 Å². The molecule has 3 rings (SSSR count). The molecule has 0 atom stereocenters. The van der Waals surface area contributed by atoms with E-state index in [0.717, 1.165) is 30.6 Å². The van der Waals surface area contributed by atoms with E-state index in [1.165, 1.54) is 16.0 Å². The van der Waals surface area contributed by atoms with Crippen molar-refractivity contribution in [2.24, 2.45) is 0 Å². The van der Waals surface area contributed by atoms with Crippen LogP contribution < -0.4 is 4.72 Å². The molecule has 6 nitrogen and oxygen atoms in total. The summed E-state index contributed by atoms with van der Waals surface area (Å²) in [6.45, 7) is 0. The molecule has 0 radical (unpaired) electrons. The summed E-state index contributed by atoms with van der Waals surface area (Å²) < 4.78 is 73.1. The number of halogens is 3. The van der Waals surface area contributed by atoms with Gasteiger partial charge < -0.3 is 9.30 Å². The highest BCUT2D eigenvalue weighted by molar-refractivity contribution is 7.93. The number of nitrogens with zero attached hydrogens (tertiary/aromatic N) is 1. The maximum Gasteiger partial charge on any atom is 0.416 e. The van der Waals surface area contributed by atoms with E-state index in [-0.39, 0.29) is 21.1 Å². The van der Waals surface area contributed by atoms with Crippen LogP contribution in [0.2, 0.25) is 0 Å². The highest BCUT2D eigenvalue weighted by Gasteiger charge is 2.32. The molecule has 0 fully saturated rings. The maximum atomic E-state index is 13.1. The molecule has 0 aliphatic heterocycles. The van der Waals surface area contributed by atoms with Crippen LogP contribution in [0, 0.1) is 0 Å². The summed E-state index contributed by atoms with van der Waals surface area (Å²) in [5.41, 5.74) is -1.11. The Hall–Kier alpha value is -2.79. The number of thiophene rings is 1. The van der Waals surface area contributed by atoms with Crippen molar-refractivity contribution in [1.82, 2.24) is 4.57 Å². The van der Waals surface area contributed by atoms with Gasteiger partial charge in [0.2, 0.25) is 0 Å². The largest absolute Gasteiger partial charge is 0.465 e. The molecule has 148 valence electrons. The molecule has 3 aromatic rings. The first-order valence-electron chi connectivity index (χ1n) is 7.66. The monoisotopic (exact) mass is 430 g/mol. The van der Waals surface area contributed by atoms with Gasteiger partial charge in [0.1, 0.15) is 9.77 Å². The van der Waals surface area contributed by atoms with Crippen LogP contribution in [0.15, 0.2) is 59.1 Å². The number of hydrogen-bond acceptors (Lipinski definition) is 5. The summed E-state index contributed by atoms with van der Waals surface area (Å²) in [6, 6.07) is 7.20. The minimum absolute atomic E-state index is 0.176. The molecule has 2 heterocycles. The van der Waals surface area contributed by atoms with E-state index >= 15 is 0 Å². The third kappa shape index (κ3) is 3.90. The van der Waals surface area contributed by atoms with Gasteiger partial charge in [0.15, 0.2) is 0 Å². The van der Waals surface area contributed by atoms with Crippen molar-refractivity contribution in [3.8, 4) is 5.69 Å². The predicted octanol–water partition coefficient (Wildman–Crippen LogP) is 4.15. The molecule has 0 bridgehead atoms. The van der Waals surface area contributed by atoms with Gasteiger partial charge in [-0.3, -0.25) is 4.72 Å². The fraction of sp³-hybridized carbons (Fsp3) is 0.118. The van der Waals surface area contributed by atoms with Crippen molar-refractivity contribution in [2.75, 3.05) is 11.8 Å². The summed E-state index contributed by atoms with van der Waals surface area (Å²) in [6.07, 6.45) is -1.54. The highest BCUT2D eigenvalue weighted by Crippen LogP contribution is 2.35. The fourth-order valence-corrected chi connectivity index (χ4v) is 4.87. The van der Waals surface area contributed by atoms with Crippen LogP contribution in [0.25, 0.3) is 5.69 Å². The van der Waals surface area contributed by atoms with Gasteiger partial charge in [0, 0.05) is 12.4 Å². The smallest absolute Gasteiger partial charge is 0.416 e. The summed E-state index contributed by atoms with van der Waals surface area (Å²) in [5.74, 6) is -0.856. The van der Waals surface area contributed by atoms with Crippen LogP contribution in [0.1, 0.15) is 15.2 Å². The van der Waals surface area contributed by atoms with E-state index in [9.17, 15) is 26.4 Å². The second kappa shape index (κ2) is 7.32. The van der Waals surface area contributed by atoms with Crippen LogP contribution in [0.3, 0.4) is 0 Å². The van der Waals surface area contributed by atoms with Gasteiger partial charge in [-0.05, 0) is 41.8 Å². The molecule has 0 unspecified atom stereocenters. The number of sulfonamides is 1. The number of aromatic nitrogens is 1. The number of anilines is 1. The normalized spacial score (nSPS) is 12.0. The number of benzene rings is 1. The molecule has 0 aliphatic rings. The number of nitrogens with one attached hydrogen (secondary N) is 1. The minimum atomic E-state index is -4.66. The molecule has 0 aliphatic carbocycles. The Morgan fingerprint density at radius 2 is 1.86 bits per heavy atom. The average Bonchev–Trinajstić information content (AvgIpc) is 3.31. The van der Waals surface area contributed by atoms with Crippen LogP contribution in [-0.4, -0.2) is 26.1 Å². The van der Waals surface area contributed by atoms with Crippen LogP contribution in [0.4, 0.5) is 18.9 Å². The van der Waals surface area contributed by atoms with Crippen LogP contribution in [-0.2, 0) is 20.9 Å². The third-order valence-corrected chi connectivity index (χ3v) is 6.17.